The van der Waals surface area contributed by atoms with E-state index in [0.29, 0.717) is 12.5 Å². The standard InChI is InChI=1S/C14H24N2O2S/c1-4-11(2)12(3)16-19(17,18)10-14-7-5-13(9-15)6-8-14/h5-8,11-12,16H,4,9-10,15H2,1-3H3. The van der Waals surface area contributed by atoms with Gasteiger partial charge in [-0.1, -0.05) is 44.5 Å². The van der Waals surface area contributed by atoms with Gasteiger partial charge in [-0.05, 0) is 24.0 Å². The summed E-state index contributed by atoms with van der Waals surface area (Å²) in [6.45, 7) is 6.48. The summed E-state index contributed by atoms with van der Waals surface area (Å²) in [4.78, 5) is 0. The molecule has 0 saturated heterocycles. The quantitative estimate of drug-likeness (QED) is 0.804. The molecule has 0 heterocycles. The minimum atomic E-state index is -3.29. The molecule has 0 amide bonds. The second-order valence-corrected chi connectivity index (χ2v) is 6.83. The van der Waals surface area contributed by atoms with Crippen molar-refractivity contribution in [2.24, 2.45) is 11.7 Å². The largest absolute Gasteiger partial charge is 0.326 e. The lowest BCUT2D eigenvalue weighted by molar-refractivity contribution is 0.434. The van der Waals surface area contributed by atoms with Crippen LogP contribution in [0.4, 0.5) is 0 Å². The highest BCUT2D eigenvalue weighted by atomic mass is 32.2. The van der Waals surface area contributed by atoms with E-state index in [2.05, 4.69) is 11.6 Å². The Morgan fingerprint density at radius 1 is 1.16 bits per heavy atom. The van der Waals surface area contributed by atoms with Gasteiger partial charge in [0, 0.05) is 12.6 Å². The molecule has 0 bridgehead atoms. The maximum absolute atomic E-state index is 12.0. The average Bonchev–Trinajstić information content (AvgIpc) is 2.37. The predicted molar refractivity (Wildman–Crippen MR) is 79.0 cm³/mol. The summed E-state index contributed by atoms with van der Waals surface area (Å²) < 4.78 is 26.8. The second kappa shape index (κ2) is 7.03. The van der Waals surface area contributed by atoms with Gasteiger partial charge in [-0.15, -0.1) is 0 Å². The molecule has 5 heteroatoms. The van der Waals surface area contributed by atoms with Crippen molar-refractivity contribution in [3.8, 4) is 0 Å². The molecule has 3 N–H and O–H groups in total. The number of sulfonamides is 1. The molecule has 2 unspecified atom stereocenters. The van der Waals surface area contributed by atoms with Crippen molar-refractivity contribution in [2.75, 3.05) is 0 Å². The summed E-state index contributed by atoms with van der Waals surface area (Å²) in [5.41, 5.74) is 7.29. The molecular weight excluding hydrogens is 260 g/mol. The molecule has 0 radical (unpaired) electrons. The molecule has 1 aromatic carbocycles. The molecule has 2 atom stereocenters. The third-order valence-corrected chi connectivity index (χ3v) is 4.92. The average molecular weight is 284 g/mol. The number of nitrogens with two attached hydrogens (primary N) is 1. The fourth-order valence-corrected chi connectivity index (χ4v) is 3.30. The lowest BCUT2D eigenvalue weighted by Crippen LogP contribution is -2.37. The van der Waals surface area contributed by atoms with E-state index in [1.165, 1.54) is 0 Å². The molecule has 0 aliphatic rings. The lowest BCUT2D eigenvalue weighted by atomic mass is 10.0. The topological polar surface area (TPSA) is 72.2 Å². The maximum Gasteiger partial charge on any atom is 0.216 e. The number of rotatable bonds is 7. The SMILES string of the molecule is CCC(C)C(C)NS(=O)(=O)Cc1ccc(CN)cc1. The van der Waals surface area contributed by atoms with Gasteiger partial charge >= 0.3 is 0 Å². The van der Waals surface area contributed by atoms with E-state index in [0.717, 1.165) is 17.5 Å². The highest BCUT2D eigenvalue weighted by Gasteiger charge is 2.18. The molecule has 1 rings (SSSR count). The molecular formula is C14H24N2O2S. The third-order valence-electron chi connectivity index (χ3n) is 3.48. The molecule has 0 aliphatic carbocycles. The maximum atomic E-state index is 12.0. The first-order valence-electron chi connectivity index (χ1n) is 6.65. The van der Waals surface area contributed by atoms with Crippen LogP contribution in [0.2, 0.25) is 0 Å². The van der Waals surface area contributed by atoms with E-state index in [4.69, 9.17) is 5.73 Å². The normalized spacial score (nSPS) is 15.2. The van der Waals surface area contributed by atoms with Crippen LogP contribution >= 0.6 is 0 Å². The van der Waals surface area contributed by atoms with Gasteiger partial charge in [0.1, 0.15) is 0 Å². The fourth-order valence-electron chi connectivity index (χ4n) is 1.79. The van der Waals surface area contributed by atoms with Gasteiger partial charge in [0.15, 0.2) is 0 Å². The molecule has 0 spiro atoms. The molecule has 0 aromatic heterocycles. The highest BCUT2D eigenvalue weighted by Crippen LogP contribution is 2.11. The zero-order valence-electron chi connectivity index (χ0n) is 11.9. The number of hydrogen-bond donors (Lipinski definition) is 2. The first-order chi connectivity index (χ1) is 8.88. The van der Waals surface area contributed by atoms with Crippen molar-refractivity contribution in [3.63, 3.8) is 0 Å². The molecule has 1 aromatic rings. The summed E-state index contributed by atoms with van der Waals surface area (Å²) >= 11 is 0. The number of benzene rings is 1. The van der Waals surface area contributed by atoms with Crippen molar-refractivity contribution in [3.05, 3.63) is 35.4 Å². The van der Waals surface area contributed by atoms with Crippen molar-refractivity contribution in [1.29, 1.82) is 0 Å². The monoisotopic (exact) mass is 284 g/mol. The Balaban J connectivity index is 2.68. The van der Waals surface area contributed by atoms with Crippen LogP contribution in [0.15, 0.2) is 24.3 Å². The zero-order valence-corrected chi connectivity index (χ0v) is 12.7. The van der Waals surface area contributed by atoms with Gasteiger partial charge in [-0.25, -0.2) is 13.1 Å². The Kier molecular flexibility index (Phi) is 5.97. The van der Waals surface area contributed by atoms with Crippen LogP contribution < -0.4 is 10.5 Å². The van der Waals surface area contributed by atoms with Gasteiger partial charge in [0.25, 0.3) is 0 Å². The van der Waals surface area contributed by atoms with E-state index >= 15 is 0 Å². The van der Waals surface area contributed by atoms with Crippen LogP contribution in [0.25, 0.3) is 0 Å². The Hall–Kier alpha value is -0.910. The Morgan fingerprint density at radius 3 is 2.16 bits per heavy atom. The fraction of sp³-hybridized carbons (Fsp3) is 0.571. The van der Waals surface area contributed by atoms with Gasteiger partial charge in [0.2, 0.25) is 10.0 Å². The van der Waals surface area contributed by atoms with E-state index in [1.807, 2.05) is 38.1 Å². The highest BCUT2D eigenvalue weighted by molar-refractivity contribution is 7.88. The summed E-state index contributed by atoms with van der Waals surface area (Å²) in [5, 5.41) is 0. The van der Waals surface area contributed by atoms with Gasteiger partial charge in [-0.2, -0.15) is 0 Å². The molecule has 0 fully saturated rings. The summed E-state index contributed by atoms with van der Waals surface area (Å²) in [5.74, 6) is 0.341. The van der Waals surface area contributed by atoms with E-state index in [1.54, 1.807) is 0 Å². The summed E-state index contributed by atoms with van der Waals surface area (Å²) in [7, 11) is -3.29. The summed E-state index contributed by atoms with van der Waals surface area (Å²) in [6, 6.07) is 7.31. The number of hydrogen-bond acceptors (Lipinski definition) is 3. The Morgan fingerprint density at radius 2 is 1.68 bits per heavy atom. The van der Waals surface area contributed by atoms with Crippen LogP contribution in [0.5, 0.6) is 0 Å². The first kappa shape index (κ1) is 16.1. The predicted octanol–water partition coefficient (Wildman–Crippen LogP) is 2.00. The van der Waals surface area contributed by atoms with Crippen LogP contribution in [-0.4, -0.2) is 14.5 Å². The van der Waals surface area contributed by atoms with Gasteiger partial charge < -0.3 is 5.73 Å². The minimum absolute atomic E-state index is 0.0125. The first-order valence-corrected chi connectivity index (χ1v) is 8.31. The van der Waals surface area contributed by atoms with Gasteiger partial charge in [-0.3, -0.25) is 0 Å². The Bertz CT molecular complexity index is 483. The Labute approximate surface area is 116 Å². The lowest BCUT2D eigenvalue weighted by Gasteiger charge is -2.19. The summed E-state index contributed by atoms with van der Waals surface area (Å²) in [6.07, 6.45) is 0.953. The van der Waals surface area contributed by atoms with Crippen molar-refractivity contribution >= 4 is 10.0 Å². The van der Waals surface area contributed by atoms with Crippen molar-refractivity contribution < 1.29 is 8.42 Å². The van der Waals surface area contributed by atoms with E-state index < -0.39 is 10.0 Å². The van der Waals surface area contributed by atoms with Gasteiger partial charge in [0.05, 0.1) is 5.75 Å². The second-order valence-electron chi connectivity index (χ2n) is 5.07. The van der Waals surface area contributed by atoms with Crippen LogP contribution in [0, 0.1) is 5.92 Å². The van der Waals surface area contributed by atoms with Crippen LogP contribution in [0.1, 0.15) is 38.3 Å². The zero-order chi connectivity index (χ0) is 14.5. The molecule has 4 nitrogen and oxygen atoms in total. The van der Waals surface area contributed by atoms with Crippen LogP contribution in [0.3, 0.4) is 0 Å². The third kappa shape index (κ3) is 5.30. The molecule has 108 valence electrons. The number of nitrogens with one attached hydrogen (secondary N) is 1. The smallest absolute Gasteiger partial charge is 0.216 e. The van der Waals surface area contributed by atoms with Crippen molar-refractivity contribution in [2.45, 2.75) is 45.5 Å². The van der Waals surface area contributed by atoms with E-state index in [-0.39, 0.29) is 11.8 Å². The molecule has 0 aliphatic heterocycles. The van der Waals surface area contributed by atoms with Crippen LogP contribution in [-0.2, 0) is 22.3 Å². The minimum Gasteiger partial charge on any atom is -0.326 e. The molecule has 0 saturated carbocycles. The van der Waals surface area contributed by atoms with Crippen molar-refractivity contribution in [1.82, 2.24) is 4.72 Å². The van der Waals surface area contributed by atoms with E-state index in [9.17, 15) is 8.42 Å². The molecule has 19 heavy (non-hydrogen) atoms.